The molecule has 1 aliphatic carbocycles. The Bertz CT molecular complexity index is 581. The molecule has 0 bridgehead atoms. The number of rotatable bonds is 5. The van der Waals surface area contributed by atoms with Gasteiger partial charge in [-0.2, -0.15) is 0 Å². The van der Waals surface area contributed by atoms with Crippen molar-refractivity contribution in [2.45, 2.75) is 18.9 Å². The van der Waals surface area contributed by atoms with Crippen LogP contribution >= 0.6 is 0 Å². The van der Waals surface area contributed by atoms with Crippen LogP contribution in [0.4, 0.5) is 11.4 Å². The van der Waals surface area contributed by atoms with Gasteiger partial charge < -0.3 is 15.4 Å². The summed E-state index contributed by atoms with van der Waals surface area (Å²) in [7, 11) is 1.74. The predicted molar refractivity (Wildman–Crippen MR) is 78.4 cm³/mol. The number of hydrogen-bond acceptors (Lipinski definition) is 4. The maximum Gasteiger partial charge on any atom is 0.0637 e. The molecule has 1 aromatic carbocycles. The maximum absolute atomic E-state index is 6.35. The van der Waals surface area contributed by atoms with Gasteiger partial charge >= 0.3 is 0 Å². The normalized spacial score (nSPS) is 14.8. The van der Waals surface area contributed by atoms with Gasteiger partial charge in [0.05, 0.1) is 18.0 Å². The first-order valence-electron chi connectivity index (χ1n) is 6.69. The molecule has 0 atom stereocenters. The summed E-state index contributed by atoms with van der Waals surface area (Å²) in [5.41, 5.74) is 8.32. The molecule has 0 radical (unpaired) electrons. The van der Waals surface area contributed by atoms with E-state index in [1.54, 1.807) is 13.3 Å². The minimum atomic E-state index is 0.622. The van der Waals surface area contributed by atoms with Crippen LogP contribution in [0.5, 0.6) is 0 Å². The maximum atomic E-state index is 6.35. The Labute approximate surface area is 113 Å². The van der Waals surface area contributed by atoms with E-state index in [4.69, 9.17) is 10.5 Å². The molecule has 0 spiro atoms. The summed E-state index contributed by atoms with van der Waals surface area (Å²) in [5.74, 6) is 0. The number of hydrogen-bond donors (Lipinski definition) is 1. The van der Waals surface area contributed by atoms with Gasteiger partial charge in [-0.15, -0.1) is 0 Å². The SMILES string of the molecule is COCCN(c1ccc2cnccc2c1N)C1CC1. The van der Waals surface area contributed by atoms with E-state index in [-0.39, 0.29) is 0 Å². The van der Waals surface area contributed by atoms with Crippen LogP contribution in [0.25, 0.3) is 10.8 Å². The van der Waals surface area contributed by atoms with Gasteiger partial charge in [-0.1, -0.05) is 6.07 Å². The van der Waals surface area contributed by atoms with Crippen LogP contribution in [0.3, 0.4) is 0 Å². The van der Waals surface area contributed by atoms with Gasteiger partial charge in [-0.3, -0.25) is 4.98 Å². The largest absolute Gasteiger partial charge is 0.397 e. The summed E-state index contributed by atoms with van der Waals surface area (Å²) < 4.78 is 5.21. The average molecular weight is 257 g/mol. The molecule has 0 amide bonds. The van der Waals surface area contributed by atoms with Crippen molar-refractivity contribution < 1.29 is 4.74 Å². The Hall–Kier alpha value is -1.81. The Balaban J connectivity index is 2.00. The Morgan fingerprint density at radius 1 is 1.37 bits per heavy atom. The van der Waals surface area contributed by atoms with Gasteiger partial charge in [0.25, 0.3) is 0 Å². The Kier molecular flexibility index (Phi) is 3.25. The molecule has 4 heteroatoms. The van der Waals surface area contributed by atoms with Crippen LogP contribution in [-0.2, 0) is 4.74 Å². The van der Waals surface area contributed by atoms with E-state index < -0.39 is 0 Å². The number of anilines is 2. The third-order valence-electron chi connectivity index (χ3n) is 3.67. The van der Waals surface area contributed by atoms with Crippen LogP contribution in [0.15, 0.2) is 30.6 Å². The standard InChI is InChI=1S/C15H19N3O/c1-19-9-8-18(12-3-4-12)14-5-2-11-10-17-7-6-13(11)15(14)16/h2,5-7,10,12H,3-4,8-9,16H2,1H3. The van der Waals surface area contributed by atoms with Gasteiger partial charge in [-0.25, -0.2) is 0 Å². The number of aromatic nitrogens is 1. The molecule has 0 aliphatic heterocycles. The number of benzene rings is 1. The summed E-state index contributed by atoms with van der Waals surface area (Å²) in [6.07, 6.45) is 6.14. The van der Waals surface area contributed by atoms with E-state index in [0.29, 0.717) is 6.04 Å². The molecule has 19 heavy (non-hydrogen) atoms. The monoisotopic (exact) mass is 257 g/mol. The van der Waals surface area contributed by atoms with Crippen LogP contribution in [0.1, 0.15) is 12.8 Å². The summed E-state index contributed by atoms with van der Waals surface area (Å²) in [6, 6.07) is 6.80. The van der Waals surface area contributed by atoms with Gasteiger partial charge in [-0.05, 0) is 25.0 Å². The number of fused-ring (bicyclic) bond motifs is 1. The first-order valence-corrected chi connectivity index (χ1v) is 6.69. The third-order valence-corrected chi connectivity index (χ3v) is 3.67. The second kappa shape index (κ2) is 5.05. The number of ether oxygens (including phenoxy) is 1. The molecular formula is C15H19N3O. The fourth-order valence-corrected chi connectivity index (χ4v) is 2.51. The Morgan fingerprint density at radius 2 is 2.21 bits per heavy atom. The van der Waals surface area contributed by atoms with Crippen molar-refractivity contribution in [3.8, 4) is 0 Å². The van der Waals surface area contributed by atoms with E-state index in [1.807, 2.05) is 12.3 Å². The first kappa shape index (κ1) is 12.2. The van der Waals surface area contributed by atoms with E-state index in [9.17, 15) is 0 Å². The van der Waals surface area contributed by atoms with Gasteiger partial charge in [0.2, 0.25) is 0 Å². The van der Waals surface area contributed by atoms with Crippen molar-refractivity contribution >= 4 is 22.1 Å². The zero-order chi connectivity index (χ0) is 13.2. The molecule has 1 aromatic heterocycles. The van der Waals surface area contributed by atoms with Gasteiger partial charge in [0.1, 0.15) is 0 Å². The van der Waals surface area contributed by atoms with Crippen molar-refractivity contribution in [3.63, 3.8) is 0 Å². The zero-order valence-electron chi connectivity index (χ0n) is 11.2. The van der Waals surface area contributed by atoms with Crippen molar-refractivity contribution in [3.05, 3.63) is 30.6 Å². The number of pyridine rings is 1. The van der Waals surface area contributed by atoms with Gasteiger partial charge in [0, 0.05) is 42.9 Å². The molecule has 2 N–H and O–H groups in total. The minimum Gasteiger partial charge on any atom is -0.397 e. The number of nitrogen functional groups attached to an aromatic ring is 1. The van der Waals surface area contributed by atoms with Crippen LogP contribution in [0, 0.1) is 0 Å². The molecule has 3 rings (SSSR count). The molecule has 1 saturated carbocycles. The van der Waals surface area contributed by atoms with Crippen molar-refractivity contribution in [1.29, 1.82) is 0 Å². The third kappa shape index (κ3) is 2.36. The second-order valence-corrected chi connectivity index (χ2v) is 5.01. The van der Waals surface area contributed by atoms with E-state index in [1.165, 1.54) is 12.8 Å². The van der Waals surface area contributed by atoms with E-state index in [0.717, 1.165) is 35.3 Å². The second-order valence-electron chi connectivity index (χ2n) is 5.01. The highest BCUT2D eigenvalue weighted by Gasteiger charge is 2.30. The van der Waals surface area contributed by atoms with Gasteiger partial charge in [0.15, 0.2) is 0 Å². The fourth-order valence-electron chi connectivity index (χ4n) is 2.51. The molecule has 100 valence electrons. The highest BCUT2D eigenvalue weighted by molar-refractivity contribution is 5.98. The summed E-state index contributed by atoms with van der Waals surface area (Å²) in [6.45, 7) is 1.62. The van der Waals surface area contributed by atoms with E-state index >= 15 is 0 Å². The van der Waals surface area contributed by atoms with Crippen molar-refractivity contribution in [1.82, 2.24) is 4.98 Å². The molecule has 0 unspecified atom stereocenters. The van der Waals surface area contributed by atoms with Crippen LogP contribution in [-0.4, -0.2) is 31.3 Å². The lowest BCUT2D eigenvalue weighted by Crippen LogP contribution is -2.30. The number of nitrogens with zero attached hydrogens (tertiary/aromatic N) is 2. The molecule has 4 nitrogen and oxygen atoms in total. The summed E-state index contributed by atoms with van der Waals surface area (Å²) in [5, 5.41) is 2.17. The smallest absolute Gasteiger partial charge is 0.0637 e. The van der Waals surface area contributed by atoms with Crippen LogP contribution in [0.2, 0.25) is 0 Å². The minimum absolute atomic E-state index is 0.622. The van der Waals surface area contributed by atoms with Crippen molar-refractivity contribution in [2.24, 2.45) is 0 Å². The lowest BCUT2D eigenvalue weighted by atomic mass is 10.1. The van der Waals surface area contributed by atoms with Crippen molar-refractivity contribution in [2.75, 3.05) is 30.9 Å². The van der Waals surface area contributed by atoms with E-state index in [2.05, 4.69) is 22.0 Å². The topological polar surface area (TPSA) is 51.4 Å². The average Bonchev–Trinajstić information content (AvgIpc) is 3.26. The highest BCUT2D eigenvalue weighted by atomic mass is 16.5. The molecule has 1 heterocycles. The zero-order valence-corrected chi connectivity index (χ0v) is 11.2. The molecule has 1 aliphatic rings. The number of methoxy groups -OCH3 is 1. The summed E-state index contributed by atoms with van der Waals surface area (Å²) >= 11 is 0. The lowest BCUT2D eigenvalue weighted by Gasteiger charge is -2.26. The predicted octanol–water partition coefficient (Wildman–Crippen LogP) is 2.43. The highest BCUT2D eigenvalue weighted by Crippen LogP contribution is 2.37. The Morgan fingerprint density at radius 3 is 2.95 bits per heavy atom. The quantitative estimate of drug-likeness (QED) is 0.836. The molecule has 0 saturated heterocycles. The molecule has 1 fully saturated rings. The number of nitrogens with two attached hydrogens (primary N) is 1. The van der Waals surface area contributed by atoms with Crippen LogP contribution < -0.4 is 10.6 Å². The first-order chi connectivity index (χ1) is 9.31. The molecule has 2 aromatic rings. The summed E-state index contributed by atoms with van der Waals surface area (Å²) in [4.78, 5) is 6.51. The molecular weight excluding hydrogens is 238 g/mol. The lowest BCUT2D eigenvalue weighted by molar-refractivity contribution is 0.205. The fraction of sp³-hybridized carbons (Fsp3) is 0.400.